The summed E-state index contributed by atoms with van der Waals surface area (Å²) >= 11 is 0. The number of amides is 2. The number of likely N-dealkylation sites (N-methyl/N-ethyl adjacent to an activating group) is 1. The van der Waals surface area contributed by atoms with Gasteiger partial charge in [-0.2, -0.15) is 0 Å². The highest BCUT2D eigenvalue weighted by atomic mass is 16.3. The minimum atomic E-state index is -0.612. The van der Waals surface area contributed by atoms with Gasteiger partial charge in [0.2, 0.25) is 0 Å². The second-order valence-electron chi connectivity index (χ2n) is 5.72. The number of nitrogens with one attached hydrogen (secondary N) is 2. The number of carbonyl (C=O) groups excluding carboxylic acids is 2. The summed E-state index contributed by atoms with van der Waals surface area (Å²) in [6.07, 6.45) is 1.32. The number of hydrogen-bond donors (Lipinski definition) is 3. The average molecular weight is 321 g/mol. The molecule has 3 N–H and O–H groups in total. The van der Waals surface area contributed by atoms with Gasteiger partial charge in [-0.3, -0.25) is 9.59 Å². The molecule has 1 rings (SSSR count). The lowest BCUT2D eigenvalue weighted by atomic mass is 9.93. The highest BCUT2D eigenvalue weighted by molar-refractivity contribution is 6.35. The number of carbonyl (C=O) groups is 2. The van der Waals surface area contributed by atoms with Gasteiger partial charge in [-0.15, -0.1) is 0 Å². The van der Waals surface area contributed by atoms with Crippen LogP contribution in [0.1, 0.15) is 24.3 Å². The summed E-state index contributed by atoms with van der Waals surface area (Å²) in [7, 11) is 3.80. The summed E-state index contributed by atoms with van der Waals surface area (Å²) in [5, 5.41) is 14.4. The molecule has 0 aromatic heterocycles. The van der Waals surface area contributed by atoms with E-state index < -0.39 is 11.8 Å². The molecule has 0 bridgehead atoms. The standard InChI is InChI=1S/C17H27N3O3/c1-20(2)12-11-19-17(23)16(22)18-10-8-15(9-13-21)14-6-4-3-5-7-14/h3-7,15,21H,8-13H2,1-2H3,(H,18,22)(H,19,23). The molecule has 1 aromatic rings. The van der Waals surface area contributed by atoms with E-state index in [0.29, 0.717) is 32.5 Å². The van der Waals surface area contributed by atoms with Crippen LogP contribution < -0.4 is 10.6 Å². The largest absolute Gasteiger partial charge is 0.396 e. The lowest BCUT2D eigenvalue weighted by Crippen LogP contribution is -2.42. The minimum Gasteiger partial charge on any atom is -0.396 e. The first kappa shape index (κ1) is 19.1. The maximum absolute atomic E-state index is 11.7. The maximum Gasteiger partial charge on any atom is 0.309 e. The zero-order valence-electron chi connectivity index (χ0n) is 13.9. The van der Waals surface area contributed by atoms with E-state index in [9.17, 15) is 14.7 Å². The molecular formula is C17H27N3O3. The average Bonchev–Trinajstić information content (AvgIpc) is 2.54. The van der Waals surface area contributed by atoms with Gasteiger partial charge in [-0.05, 0) is 38.4 Å². The van der Waals surface area contributed by atoms with Gasteiger partial charge in [-0.1, -0.05) is 30.3 Å². The first-order valence-corrected chi connectivity index (χ1v) is 7.91. The predicted octanol–water partition coefficient (Wildman–Crippen LogP) is 0.337. The molecule has 128 valence electrons. The first-order chi connectivity index (χ1) is 11.0. The van der Waals surface area contributed by atoms with Crippen molar-refractivity contribution in [3.8, 4) is 0 Å². The van der Waals surface area contributed by atoms with Crippen LogP contribution in [0.25, 0.3) is 0 Å². The Morgan fingerprint density at radius 2 is 1.65 bits per heavy atom. The fourth-order valence-corrected chi connectivity index (χ4v) is 2.27. The molecule has 0 spiro atoms. The van der Waals surface area contributed by atoms with Crippen LogP contribution in [0.5, 0.6) is 0 Å². The van der Waals surface area contributed by atoms with E-state index >= 15 is 0 Å². The van der Waals surface area contributed by atoms with Crippen LogP contribution in [0, 0.1) is 0 Å². The molecule has 1 atom stereocenters. The number of aliphatic hydroxyl groups excluding tert-OH is 1. The van der Waals surface area contributed by atoms with E-state index in [0.717, 1.165) is 5.56 Å². The van der Waals surface area contributed by atoms with Crippen molar-refractivity contribution in [3.05, 3.63) is 35.9 Å². The van der Waals surface area contributed by atoms with Crippen LogP contribution >= 0.6 is 0 Å². The zero-order valence-corrected chi connectivity index (χ0v) is 13.9. The second-order valence-corrected chi connectivity index (χ2v) is 5.72. The molecule has 6 heteroatoms. The van der Waals surface area contributed by atoms with Crippen LogP contribution in [-0.4, -0.2) is 62.2 Å². The number of rotatable bonds is 9. The molecule has 23 heavy (non-hydrogen) atoms. The van der Waals surface area contributed by atoms with Crippen molar-refractivity contribution in [1.29, 1.82) is 0 Å². The molecule has 0 radical (unpaired) electrons. The molecule has 0 fully saturated rings. The van der Waals surface area contributed by atoms with Crippen LogP contribution in [0.2, 0.25) is 0 Å². The van der Waals surface area contributed by atoms with Crippen molar-refractivity contribution < 1.29 is 14.7 Å². The summed E-state index contributed by atoms with van der Waals surface area (Å²) in [4.78, 5) is 25.3. The summed E-state index contributed by atoms with van der Waals surface area (Å²) in [5.41, 5.74) is 1.13. The van der Waals surface area contributed by atoms with Gasteiger partial charge in [0.1, 0.15) is 0 Å². The van der Waals surface area contributed by atoms with Crippen molar-refractivity contribution in [2.24, 2.45) is 0 Å². The van der Waals surface area contributed by atoms with E-state index in [1.165, 1.54) is 0 Å². The van der Waals surface area contributed by atoms with E-state index in [1.54, 1.807) is 0 Å². The molecule has 0 heterocycles. The Morgan fingerprint density at radius 3 is 2.22 bits per heavy atom. The molecule has 2 amide bonds. The molecule has 0 saturated carbocycles. The molecule has 0 saturated heterocycles. The predicted molar refractivity (Wildman–Crippen MR) is 90.1 cm³/mol. The van der Waals surface area contributed by atoms with Crippen molar-refractivity contribution in [2.75, 3.05) is 40.3 Å². The Bertz CT molecular complexity index is 477. The fourth-order valence-electron chi connectivity index (χ4n) is 2.27. The fraction of sp³-hybridized carbons (Fsp3) is 0.529. The van der Waals surface area contributed by atoms with E-state index in [4.69, 9.17) is 0 Å². The summed E-state index contributed by atoms with van der Waals surface area (Å²) in [6, 6.07) is 9.87. The van der Waals surface area contributed by atoms with Crippen LogP contribution in [0.3, 0.4) is 0 Å². The van der Waals surface area contributed by atoms with Gasteiger partial charge < -0.3 is 20.6 Å². The Kier molecular flexibility index (Phi) is 8.94. The van der Waals surface area contributed by atoms with E-state index in [1.807, 2.05) is 49.3 Å². The van der Waals surface area contributed by atoms with Crippen molar-refractivity contribution in [1.82, 2.24) is 15.5 Å². The Hall–Kier alpha value is -1.92. The molecule has 6 nitrogen and oxygen atoms in total. The highest BCUT2D eigenvalue weighted by Crippen LogP contribution is 2.22. The van der Waals surface area contributed by atoms with Gasteiger partial charge in [0.15, 0.2) is 0 Å². The first-order valence-electron chi connectivity index (χ1n) is 7.91. The SMILES string of the molecule is CN(C)CCNC(=O)C(=O)NCCC(CCO)c1ccccc1. The third-order valence-electron chi connectivity index (χ3n) is 3.58. The molecule has 0 aliphatic rings. The van der Waals surface area contributed by atoms with Gasteiger partial charge in [0.25, 0.3) is 0 Å². The molecule has 0 aliphatic heterocycles. The van der Waals surface area contributed by atoms with Gasteiger partial charge in [0.05, 0.1) is 0 Å². The van der Waals surface area contributed by atoms with Crippen molar-refractivity contribution in [2.45, 2.75) is 18.8 Å². The maximum atomic E-state index is 11.7. The number of benzene rings is 1. The molecular weight excluding hydrogens is 294 g/mol. The van der Waals surface area contributed by atoms with Gasteiger partial charge in [0, 0.05) is 26.2 Å². The minimum absolute atomic E-state index is 0.0958. The van der Waals surface area contributed by atoms with E-state index in [2.05, 4.69) is 10.6 Å². The third-order valence-corrected chi connectivity index (χ3v) is 3.58. The smallest absolute Gasteiger partial charge is 0.309 e. The normalized spacial score (nSPS) is 12.0. The number of nitrogens with zero attached hydrogens (tertiary/aromatic N) is 1. The molecule has 1 unspecified atom stereocenters. The Labute approximate surface area is 137 Å². The van der Waals surface area contributed by atoms with Gasteiger partial charge >= 0.3 is 11.8 Å². The van der Waals surface area contributed by atoms with Gasteiger partial charge in [-0.25, -0.2) is 0 Å². The number of hydrogen-bond acceptors (Lipinski definition) is 4. The van der Waals surface area contributed by atoms with Crippen LogP contribution in [-0.2, 0) is 9.59 Å². The second kappa shape index (κ2) is 10.7. The van der Waals surface area contributed by atoms with Crippen molar-refractivity contribution in [3.63, 3.8) is 0 Å². The Balaban J connectivity index is 2.35. The summed E-state index contributed by atoms with van der Waals surface area (Å²) in [5.74, 6) is -1.05. The molecule has 1 aromatic carbocycles. The lowest BCUT2D eigenvalue weighted by Gasteiger charge is -2.16. The summed E-state index contributed by atoms with van der Waals surface area (Å²) in [6.45, 7) is 1.63. The van der Waals surface area contributed by atoms with E-state index in [-0.39, 0.29) is 12.5 Å². The monoisotopic (exact) mass is 321 g/mol. The van der Waals surface area contributed by atoms with Crippen molar-refractivity contribution >= 4 is 11.8 Å². The highest BCUT2D eigenvalue weighted by Gasteiger charge is 2.15. The van der Waals surface area contributed by atoms with Crippen LogP contribution in [0.4, 0.5) is 0 Å². The quantitative estimate of drug-likeness (QED) is 0.573. The number of aliphatic hydroxyl groups is 1. The summed E-state index contributed by atoms with van der Waals surface area (Å²) < 4.78 is 0. The lowest BCUT2D eigenvalue weighted by molar-refractivity contribution is -0.139. The zero-order chi connectivity index (χ0) is 17.1. The van der Waals surface area contributed by atoms with Crippen LogP contribution in [0.15, 0.2) is 30.3 Å². The molecule has 0 aliphatic carbocycles. The topological polar surface area (TPSA) is 81.7 Å². The third kappa shape index (κ3) is 7.76. The Morgan fingerprint density at radius 1 is 1.04 bits per heavy atom.